The van der Waals surface area contributed by atoms with Gasteiger partial charge in [0, 0.05) is 24.8 Å². The van der Waals surface area contributed by atoms with Crippen molar-refractivity contribution < 1.29 is 23.0 Å². The van der Waals surface area contributed by atoms with Crippen LogP contribution in [0, 0.1) is 11.6 Å². The van der Waals surface area contributed by atoms with Gasteiger partial charge in [-0.1, -0.05) is 30.3 Å². The minimum absolute atomic E-state index is 0.0176. The Morgan fingerprint density at radius 3 is 2.22 bits per heavy atom. The third-order valence-electron chi connectivity index (χ3n) is 7.72. The number of hydrogen-bond acceptors (Lipinski definition) is 8. The van der Waals surface area contributed by atoms with E-state index in [1.807, 2.05) is 67.6 Å². The molecule has 0 saturated heterocycles. The van der Waals surface area contributed by atoms with Crippen LogP contribution in [0.5, 0.6) is 17.2 Å². The van der Waals surface area contributed by atoms with E-state index in [1.54, 1.807) is 31.5 Å². The lowest BCUT2D eigenvalue weighted by atomic mass is 10.1. The van der Waals surface area contributed by atoms with Gasteiger partial charge in [-0.3, -0.25) is 4.99 Å². The van der Waals surface area contributed by atoms with Gasteiger partial charge in [0.25, 0.3) is 0 Å². The minimum Gasteiger partial charge on any atom is -0.497 e. The molecule has 0 spiro atoms. The zero-order valence-corrected chi connectivity index (χ0v) is 27.0. The number of nitrogens with one attached hydrogen (secondary N) is 1. The van der Waals surface area contributed by atoms with Gasteiger partial charge in [0.05, 0.1) is 36.2 Å². The van der Waals surface area contributed by atoms with Crippen molar-refractivity contribution in [1.29, 1.82) is 0 Å². The first-order chi connectivity index (χ1) is 21.8. The molecule has 4 aromatic rings. The van der Waals surface area contributed by atoms with Crippen LogP contribution in [0.2, 0.25) is 0 Å². The van der Waals surface area contributed by atoms with E-state index in [-0.39, 0.29) is 32.7 Å². The second kappa shape index (κ2) is 12.9. The van der Waals surface area contributed by atoms with Gasteiger partial charge in [0.15, 0.2) is 17.4 Å². The zero-order chi connectivity index (χ0) is 31.7. The summed E-state index contributed by atoms with van der Waals surface area (Å²) in [5, 5.41) is 3.23. The number of methoxy groups -OCH3 is 2. The molecule has 0 fully saturated rings. The summed E-state index contributed by atoms with van der Waals surface area (Å²) in [6, 6.07) is 19.2. The number of aromatic nitrogens is 1. The predicted molar refractivity (Wildman–Crippen MR) is 171 cm³/mol. The van der Waals surface area contributed by atoms with Crippen LogP contribution in [0.15, 0.2) is 87.7 Å². The van der Waals surface area contributed by atoms with Gasteiger partial charge in [-0.15, -0.1) is 0 Å². The molecular weight excluding hydrogens is 668 g/mol. The molecule has 0 aliphatic carbocycles. The van der Waals surface area contributed by atoms with E-state index in [1.165, 1.54) is 0 Å². The van der Waals surface area contributed by atoms with Gasteiger partial charge >= 0.3 is 0 Å². The van der Waals surface area contributed by atoms with E-state index in [0.29, 0.717) is 18.9 Å². The quantitative estimate of drug-likeness (QED) is 0.213. The summed E-state index contributed by atoms with van der Waals surface area (Å²) in [7, 11) is 3.27. The van der Waals surface area contributed by atoms with Crippen LogP contribution in [0.4, 0.5) is 14.6 Å². The fraction of sp³-hybridized carbons (Fsp3) is 0.212. The molecule has 1 N–H and O–H groups in total. The van der Waals surface area contributed by atoms with Crippen molar-refractivity contribution in [3.05, 3.63) is 122 Å². The Hall–Kier alpha value is -4.35. The largest absolute Gasteiger partial charge is 0.497 e. The molecule has 45 heavy (non-hydrogen) atoms. The minimum atomic E-state index is -0.907. The van der Waals surface area contributed by atoms with Crippen molar-refractivity contribution in [2.45, 2.75) is 26.1 Å². The fourth-order valence-corrected chi connectivity index (χ4v) is 6.00. The van der Waals surface area contributed by atoms with E-state index in [0.717, 1.165) is 34.0 Å². The summed E-state index contributed by atoms with van der Waals surface area (Å²) < 4.78 is 46.6. The van der Waals surface area contributed by atoms with Crippen LogP contribution in [0.3, 0.4) is 0 Å². The molecular formula is C33H29BrClF2N5O3. The Bertz CT molecular complexity index is 1840. The molecule has 2 aliphatic rings. The van der Waals surface area contributed by atoms with E-state index in [4.69, 9.17) is 30.8 Å². The van der Waals surface area contributed by atoms with Gasteiger partial charge < -0.3 is 29.3 Å². The van der Waals surface area contributed by atoms with Crippen molar-refractivity contribution in [3.63, 3.8) is 0 Å². The number of nitrogens with zero attached hydrogens (tertiary/aromatic N) is 4. The van der Waals surface area contributed by atoms with Crippen LogP contribution in [-0.4, -0.2) is 30.8 Å². The Kier molecular flexibility index (Phi) is 8.82. The van der Waals surface area contributed by atoms with Crippen molar-refractivity contribution in [3.8, 4) is 17.2 Å². The van der Waals surface area contributed by atoms with Crippen LogP contribution in [-0.2, 0) is 13.1 Å². The third kappa shape index (κ3) is 6.02. The number of benzene rings is 3. The smallest absolute Gasteiger partial charge is 0.210 e. The number of halogens is 4. The molecule has 0 bridgehead atoms. The van der Waals surface area contributed by atoms with Crippen LogP contribution in [0.1, 0.15) is 29.7 Å². The summed E-state index contributed by atoms with van der Waals surface area (Å²) in [4.78, 5) is 13.1. The maximum Gasteiger partial charge on any atom is 0.210 e. The Morgan fingerprint density at radius 2 is 1.62 bits per heavy atom. The van der Waals surface area contributed by atoms with Crippen LogP contribution < -0.4 is 35.0 Å². The number of anilines is 1. The molecule has 0 saturated carbocycles. The lowest BCUT2D eigenvalue weighted by molar-refractivity contribution is 0.379. The Labute approximate surface area is 272 Å². The monoisotopic (exact) mass is 695 g/mol. The van der Waals surface area contributed by atoms with Crippen LogP contribution >= 0.6 is 27.5 Å². The lowest BCUT2D eigenvalue weighted by Gasteiger charge is -2.34. The van der Waals surface area contributed by atoms with E-state index < -0.39 is 17.7 Å². The second-order valence-corrected chi connectivity index (χ2v) is 11.6. The normalized spacial score (nSPS) is 14.2. The molecule has 1 atom stereocenters. The molecule has 3 aromatic carbocycles. The first kappa shape index (κ1) is 30.7. The molecule has 0 radical (unpaired) electrons. The summed E-state index contributed by atoms with van der Waals surface area (Å²) in [6.07, 6.45) is 3.30. The topological polar surface area (TPSA) is 71.5 Å². The van der Waals surface area contributed by atoms with Crippen molar-refractivity contribution >= 4 is 39.2 Å². The maximum absolute atomic E-state index is 15.3. The van der Waals surface area contributed by atoms with Gasteiger partial charge in [-0.2, -0.15) is 0 Å². The molecule has 12 heteroatoms. The summed E-state index contributed by atoms with van der Waals surface area (Å²) in [6.45, 7) is 3.12. The highest BCUT2D eigenvalue weighted by atomic mass is 79.9. The molecule has 3 heterocycles. The average molecular weight is 697 g/mol. The van der Waals surface area contributed by atoms with Gasteiger partial charge in [-0.05, 0) is 75.9 Å². The van der Waals surface area contributed by atoms with Crippen molar-refractivity contribution in [2.75, 3.05) is 25.8 Å². The van der Waals surface area contributed by atoms with Gasteiger partial charge in [0.2, 0.25) is 5.22 Å². The summed E-state index contributed by atoms with van der Waals surface area (Å²) in [5.41, 5.74) is 2.96. The number of rotatable bonds is 9. The first-order valence-electron chi connectivity index (χ1n) is 14.1. The fourth-order valence-electron chi connectivity index (χ4n) is 5.45. The Balaban J connectivity index is 1.46. The average Bonchev–Trinajstić information content (AvgIpc) is 3.23. The molecule has 8 nitrogen and oxygen atoms in total. The molecule has 1 aromatic heterocycles. The Morgan fingerprint density at radius 1 is 1.00 bits per heavy atom. The predicted octanol–water partition coefficient (Wildman–Crippen LogP) is 6.09. The zero-order valence-electron chi connectivity index (χ0n) is 24.7. The summed E-state index contributed by atoms with van der Waals surface area (Å²) in [5.74, 6) is 0.733. The standard InChI is InChI=1S/C33H29BrClF2N5O3/c1-19(42-17-25(35)45-31-26-30(39-18-40-33(26)42)28(36)27(34)29(31)37)24-5-4-14-38-32(24)41(15-20-6-10-22(43-2)11-7-20)16-21-8-12-23(44-3)13-9-21/h4-14,17,19,40H,15-16,18H2,1-3H3. The van der Waals surface area contributed by atoms with E-state index in [9.17, 15) is 0 Å². The lowest BCUT2D eigenvalue weighted by Crippen LogP contribution is -2.46. The summed E-state index contributed by atoms with van der Waals surface area (Å²) >= 11 is 9.50. The van der Waals surface area contributed by atoms with Crippen LogP contribution in [0.25, 0.3) is 5.82 Å². The van der Waals surface area contributed by atoms with Gasteiger partial charge in [0.1, 0.15) is 35.2 Å². The van der Waals surface area contributed by atoms with Gasteiger partial charge in [-0.25, -0.2) is 13.8 Å². The second-order valence-electron chi connectivity index (χ2n) is 10.4. The number of ether oxygens (including phenoxy) is 3. The van der Waals surface area contributed by atoms with E-state index in [2.05, 4.69) is 31.1 Å². The third-order valence-corrected chi connectivity index (χ3v) is 8.60. The van der Waals surface area contributed by atoms with Crippen molar-refractivity contribution in [1.82, 2.24) is 15.2 Å². The molecule has 2 aliphatic heterocycles. The highest BCUT2D eigenvalue weighted by Crippen LogP contribution is 2.36. The molecule has 232 valence electrons. The SMILES string of the molecule is COc1ccc(CN(Cc2ccc(OC)cc2)c2ncccc2C(C)N2C=C(Cl)Oc3c(F)c(Br)c(F)c4c3=C2NCN=4)cc1. The van der Waals surface area contributed by atoms with Crippen molar-refractivity contribution in [2.24, 2.45) is 4.99 Å². The molecule has 6 rings (SSSR count). The highest BCUT2D eigenvalue weighted by Gasteiger charge is 2.31. The first-order valence-corrected chi connectivity index (χ1v) is 15.2. The molecule has 0 amide bonds. The highest BCUT2D eigenvalue weighted by molar-refractivity contribution is 9.10. The maximum atomic E-state index is 15.3. The molecule has 1 unspecified atom stereocenters. The number of hydrogen-bond donors (Lipinski definition) is 1. The van der Waals surface area contributed by atoms with E-state index >= 15 is 8.78 Å². The number of pyridine rings is 1.